The van der Waals surface area contributed by atoms with Gasteiger partial charge in [0.2, 0.25) is 0 Å². The Morgan fingerprint density at radius 3 is 2.27 bits per heavy atom. The molecule has 3 atom stereocenters. The van der Waals surface area contributed by atoms with Crippen LogP contribution in [0.1, 0.15) is 61.3 Å². The molecule has 0 saturated carbocycles. The van der Waals surface area contributed by atoms with E-state index in [1.165, 1.54) is 0 Å². The van der Waals surface area contributed by atoms with Crippen LogP contribution in [0.2, 0.25) is 18.1 Å². The summed E-state index contributed by atoms with van der Waals surface area (Å²) in [5, 5.41) is 0.216. The molecule has 0 bridgehead atoms. The first-order valence-electron chi connectivity index (χ1n) is 9.98. The largest absolute Gasteiger partial charge is 0.417 e. The molecule has 0 spiro atoms. The van der Waals surface area contributed by atoms with Crippen LogP contribution in [0.5, 0.6) is 0 Å². The fourth-order valence-electron chi connectivity index (χ4n) is 2.82. The van der Waals surface area contributed by atoms with Gasteiger partial charge in [-0.3, -0.25) is 0 Å². The van der Waals surface area contributed by atoms with Crippen molar-refractivity contribution in [2.75, 3.05) is 13.7 Å². The number of rotatable bonds is 9. The molecule has 1 unspecified atom stereocenters. The van der Waals surface area contributed by atoms with Crippen LogP contribution < -0.4 is 0 Å². The summed E-state index contributed by atoms with van der Waals surface area (Å²) < 4.78 is 24.4. The third-order valence-electron chi connectivity index (χ3n) is 5.42. The standard InChI is InChI=1S/C21H42O4Si/c1-16(2)12-11-13-17(22-8)19-18(24-21(6,7)25-19)14-15-23-26(9,10)20(3,4)5/h11,13,16-19H,12,14-15H2,1-10H3/b13-11-/t17?,18-,19+/m0/s1. The van der Waals surface area contributed by atoms with Crippen molar-refractivity contribution < 1.29 is 18.6 Å². The molecular weight excluding hydrogens is 344 g/mol. The Bertz CT molecular complexity index is 451. The highest BCUT2D eigenvalue weighted by atomic mass is 28.4. The summed E-state index contributed by atoms with van der Waals surface area (Å²) in [5.74, 6) is 0.0457. The second-order valence-electron chi connectivity index (χ2n) is 9.79. The average Bonchev–Trinajstić information content (AvgIpc) is 2.77. The highest BCUT2D eigenvalue weighted by Crippen LogP contribution is 2.37. The van der Waals surface area contributed by atoms with Crippen LogP contribution in [0.3, 0.4) is 0 Å². The van der Waals surface area contributed by atoms with E-state index in [1.54, 1.807) is 7.11 Å². The second-order valence-corrected chi connectivity index (χ2v) is 14.6. The smallest absolute Gasteiger partial charge is 0.191 e. The molecule has 0 N–H and O–H groups in total. The first kappa shape index (κ1) is 23.8. The maximum atomic E-state index is 6.34. The van der Waals surface area contributed by atoms with Crippen LogP contribution in [0, 0.1) is 5.92 Å². The summed E-state index contributed by atoms with van der Waals surface area (Å²) in [4.78, 5) is 0. The van der Waals surface area contributed by atoms with Gasteiger partial charge in [0, 0.05) is 13.7 Å². The maximum Gasteiger partial charge on any atom is 0.191 e. The van der Waals surface area contributed by atoms with Crippen molar-refractivity contribution in [3.63, 3.8) is 0 Å². The topological polar surface area (TPSA) is 36.9 Å². The van der Waals surface area contributed by atoms with Crippen LogP contribution in [0.4, 0.5) is 0 Å². The molecule has 1 rings (SSSR count). The molecule has 0 aromatic carbocycles. The zero-order chi connectivity index (χ0) is 20.2. The third kappa shape index (κ3) is 7.08. The van der Waals surface area contributed by atoms with E-state index < -0.39 is 14.1 Å². The SMILES string of the molecule is COC(/C=C\CC(C)C)[C@H]1OC(C)(C)O[C@H]1CCO[Si](C)(C)C(C)(C)C. The van der Waals surface area contributed by atoms with Gasteiger partial charge < -0.3 is 18.6 Å². The summed E-state index contributed by atoms with van der Waals surface area (Å²) in [7, 11) is -0.00691. The van der Waals surface area contributed by atoms with Crippen molar-refractivity contribution in [2.45, 2.75) is 104 Å². The van der Waals surface area contributed by atoms with Gasteiger partial charge in [-0.1, -0.05) is 46.8 Å². The van der Waals surface area contributed by atoms with Gasteiger partial charge >= 0.3 is 0 Å². The molecule has 1 aliphatic heterocycles. The van der Waals surface area contributed by atoms with Crippen LogP contribution >= 0.6 is 0 Å². The molecule has 1 aliphatic rings. The number of methoxy groups -OCH3 is 1. The van der Waals surface area contributed by atoms with E-state index in [9.17, 15) is 0 Å². The van der Waals surface area contributed by atoms with Crippen LogP contribution in [0.15, 0.2) is 12.2 Å². The van der Waals surface area contributed by atoms with Gasteiger partial charge in [0.25, 0.3) is 0 Å². The first-order chi connectivity index (χ1) is 11.8. The highest BCUT2D eigenvalue weighted by molar-refractivity contribution is 6.74. The molecule has 154 valence electrons. The minimum absolute atomic E-state index is 0.0246. The molecule has 0 aromatic heterocycles. The number of hydrogen-bond donors (Lipinski definition) is 0. The Morgan fingerprint density at radius 1 is 1.15 bits per heavy atom. The number of ether oxygens (including phenoxy) is 3. The number of hydrogen-bond acceptors (Lipinski definition) is 4. The molecule has 26 heavy (non-hydrogen) atoms. The van der Waals surface area contributed by atoms with Gasteiger partial charge in [0.05, 0.1) is 6.10 Å². The minimum atomic E-state index is -1.75. The zero-order valence-corrected chi connectivity index (χ0v) is 19.7. The van der Waals surface area contributed by atoms with Gasteiger partial charge in [0.15, 0.2) is 14.1 Å². The van der Waals surface area contributed by atoms with Gasteiger partial charge in [0.1, 0.15) is 12.2 Å². The molecule has 0 aliphatic carbocycles. The average molecular weight is 387 g/mol. The molecule has 0 aromatic rings. The van der Waals surface area contributed by atoms with Crippen LogP contribution in [-0.2, 0) is 18.6 Å². The van der Waals surface area contributed by atoms with Crippen molar-refractivity contribution in [1.82, 2.24) is 0 Å². The van der Waals surface area contributed by atoms with Crippen molar-refractivity contribution in [3.05, 3.63) is 12.2 Å². The minimum Gasteiger partial charge on any atom is -0.417 e. The predicted molar refractivity (Wildman–Crippen MR) is 111 cm³/mol. The van der Waals surface area contributed by atoms with Crippen LogP contribution in [-0.4, -0.2) is 46.1 Å². The highest BCUT2D eigenvalue weighted by Gasteiger charge is 2.45. The summed E-state index contributed by atoms with van der Waals surface area (Å²) in [6.07, 6.45) is 5.93. The third-order valence-corrected chi connectivity index (χ3v) is 9.96. The lowest BCUT2D eigenvalue weighted by Gasteiger charge is -2.36. The van der Waals surface area contributed by atoms with E-state index >= 15 is 0 Å². The predicted octanol–water partition coefficient (Wildman–Crippen LogP) is 5.54. The van der Waals surface area contributed by atoms with Gasteiger partial charge in [-0.05, 0) is 50.7 Å². The normalized spacial score (nSPS) is 25.3. The van der Waals surface area contributed by atoms with Crippen molar-refractivity contribution >= 4 is 8.32 Å². The monoisotopic (exact) mass is 386 g/mol. The molecule has 0 amide bonds. The van der Waals surface area contributed by atoms with Crippen LogP contribution in [0.25, 0.3) is 0 Å². The Kier molecular flexibility index (Phi) is 8.55. The Hall–Kier alpha value is -0.203. The van der Waals surface area contributed by atoms with E-state index in [0.717, 1.165) is 12.8 Å². The molecule has 1 heterocycles. The Labute approximate surface area is 162 Å². The summed E-state index contributed by atoms with van der Waals surface area (Å²) >= 11 is 0. The molecule has 5 heteroatoms. The quantitative estimate of drug-likeness (QED) is 0.385. The molecule has 4 nitrogen and oxygen atoms in total. The van der Waals surface area contributed by atoms with Crippen molar-refractivity contribution in [2.24, 2.45) is 5.92 Å². The lowest BCUT2D eigenvalue weighted by molar-refractivity contribution is -0.154. The van der Waals surface area contributed by atoms with E-state index in [2.05, 4.69) is 59.9 Å². The van der Waals surface area contributed by atoms with Gasteiger partial charge in [-0.25, -0.2) is 0 Å². The maximum absolute atomic E-state index is 6.34. The first-order valence-corrected chi connectivity index (χ1v) is 12.9. The van der Waals surface area contributed by atoms with Gasteiger partial charge in [-0.15, -0.1) is 0 Å². The molecule has 1 saturated heterocycles. The molecule has 1 fully saturated rings. The van der Waals surface area contributed by atoms with Gasteiger partial charge in [-0.2, -0.15) is 0 Å². The summed E-state index contributed by atoms with van der Waals surface area (Å²) in [6, 6.07) is 0. The number of allylic oxidation sites excluding steroid dienone is 1. The summed E-state index contributed by atoms with van der Waals surface area (Å²) in [6.45, 7) is 20.4. The van der Waals surface area contributed by atoms with E-state index in [0.29, 0.717) is 12.5 Å². The van der Waals surface area contributed by atoms with E-state index in [4.69, 9.17) is 18.6 Å². The van der Waals surface area contributed by atoms with Crippen molar-refractivity contribution in [1.29, 1.82) is 0 Å². The Morgan fingerprint density at radius 2 is 1.77 bits per heavy atom. The van der Waals surface area contributed by atoms with Crippen molar-refractivity contribution in [3.8, 4) is 0 Å². The van der Waals surface area contributed by atoms with E-state index in [1.807, 2.05) is 13.8 Å². The second kappa shape index (κ2) is 9.33. The zero-order valence-electron chi connectivity index (χ0n) is 18.7. The lowest BCUT2D eigenvalue weighted by Crippen LogP contribution is -2.42. The fourth-order valence-corrected chi connectivity index (χ4v) is 3.88. The molecule has 0 radical (unpaired) electrons. The Balaban J connectivity index is 2.73. The fraction of sp³-hybridized carbons (Fsp3) is 0.905. The molecular formula is C21H42O4Si. The summed E-state index contributed by atoms with van der Waals surface area (Å²) in [5.41, 5.74) is 0. The lowest BCUT2D eigenvalue weighted by atomic mass is 10.0. The van der Waals surface area contributed by atoms with E-state index in [-0.39, 0.29) is 23.4 Å².